The van der Waals surface area contributed by atoms with Crippen LogP contribution in [0.4, 0.5) is 5.69 Å². The van der Waals surface area contributed by atoms with Crippen LogP contribution < -0.4 is 5.32 Å². The van der Waals surface area contributed by atoms with Gasteiger partial charge in [-0.1, -0.05) is 18.2 Å². The van der Waals surface area contributed by atoms with E-state index in [1.165, 1.54) is 0 Å². The normalized spacial score (nSPS) is 10.1. The van der Waals surface area contributed by atoms with Gasteiger partial charge in [-0.25, -0.2) is 0 Å². The first-order chi connectivity index (χ1) is 8.58. The summed E-state index contributed by atoms with van der Waals surface area (Å²) in [6.07, 6.45) is 0. The number of amides is 1. The molecular formula is C14H12INO2. The number of hydrogen-bond acceptors (Lipinski definition) is 2. The van der Waals surface area contributed by atoms with Crippen LogP contribution in [0.1, 0.15) is 15.9 Å². The highest BCUT2D eigenvalue weighted by Crippen LogP contribution is 2.22. The molecule has 3 nitrogen and oxygen atoms in total. The number of nitrogens with one attached hydrogen (secondary N) is 1. The summed E-state index contributed by atoms with van der Waals surface area (Å²) in [6.45, 7) is 1.81. The van der Waals surface area contributed by atoms with Gasteiger partial charge >= 0.3 is 0 Å². The number of benzene rings is 2. The van der Waals surface area contributed by atoms with Crippen LogP contribution in [0.3, 0.4) is 0 Å². The second-order valence-corrected chi connectivity index (χ2v) is 5.10. The van der Waals surface area contributed by atoms with Gasteiger partial charge in [-0.05, 0) is 53.3 Å². The molecule has 2 aromatic carbocycles. The standard InChI is InChI=1S/C14H12INO2/c1-9-6-7-10(8-13(9)17)16-14(18)11-4-2-3-5-12(11)15/h2-8,17H,1H3,(H,16,18). The van der Waals surface area contributed by atoms with Gasteiger partial charge in [-0.2, -0.15) is 0 Å². The van der Waals surface area contributed by atoms with E-state index in [2.05, 4.69) is 27.9 Å². The molecule has 0 bridgehead atoms. The Bertz CT molecular complexity index is 596. The summed E-state index contributed by atoms with van der Waals surface area (Å²) in [6, 6.07) is 12.4. The Balaban J connectivity index is 2.22. The second kappa shape index (κ2) is 5.39. The van der Waals surface area contributed by atoms with Crippen LogP contribution >= 0.6 is 22.6 Å². The smallest absolute Gasteiger partial charge is 0.256 e. The molecule has 0 fully saturated rings. The van der Waals surface area contributed by atoms with Crippen LogP contribution in [-0.2, 0) is 0 Å². The molecule has 0 atom stereocenters. The number of aryl methyl sites for hydroxylation is 1. The molecule has 0 spiro atoms. The number of carbonyl (C=O) groups excluding carboxylic acids is 1. The average molecular weight is 353 g/mol. The van der Waals surface area contributed by atoms with Crippen LogP contribution in [0.2, 0.25) is 0 Å². The number of hydrogen-bond donors (Lipinski definition) is 2. The predicted molar refractivity (Wildman–Crippen MR) is 80.0 cm³/mol. The zero-order valence-corrected chi connectivity index (χ0v) is 11.9. The Morgan fingerprint density at radius 1 is 1.22 bits per heavy atom. The minimum atomic E-state index is -0.178. The molecule has 4 heteroatoms. The first kappa shape index (κ1) is 12.9. The van der Waals surface area contributed by atoms with E-state index in [1.54, 1.807) is 31.2 Å². The van der Waals surface area contributed by atoms with Crippen molar-refractivity contribution in [1.82, 2.24) is 0 Å². The fourth-order valence-corrected chi connectivity index (χ4v) is 2.16. The second-order valence-electron chi connectivity index (χ2n) is 3.94. The van der Waals surface area contributed by atoms with Crippen LogP contribution in [0.15, 0.2) is 42.5 Å². The topological polar surface area (TPSA) is 49.3 Å². The average Bonchev–Trinajstić information content (AvgIpc) is 2.34. The maximum absolute atomic E-state index is 12.0. The number of anilines is 1. The minimum Gasteiger partial charge on any atom is -0.508 e. The maximum atomic E-state index is 12.0. The largest absolute Gasteiger partial charge is 0.508 e. The summed E-state index contributed by atoms with van der Waals surface area (Å²) in [7, 11) is 0. The van der Waals surface area contributed by atoms with Gasteiger partial charge in [0.05, 0.1) is 5.56 Å². The molecular weight excluding hydrogens is 341 g/mol. The van der Waals surface area contributed by atoms with E-state index in [1.807, 2.05) is 18.2 Å². The Hall–Kier alpha value is -1.56. The van der Waals surface area contributed by atoms with Gasteiger partial charge in [0.1, 0.15) is 5.75 Å². The lowest BCUT2D eigenvalue weighted by molar-refractivity contribution is 0.102. The highest BCUT2D eigenvalue weighted by atomic mass is 127. The number of carbonyl (C=O) groups is 1. The molecule has 92 valence electrons. The maximum Gasteiger partial charge on any atom is 0.256 e. The molecule has 0 unspecified atom stereocenters. The van der Waals surface area contributed by atoms with E-state index in [-0.39, 0.29) is 11.7 Å². The molecule has 0 radical (unpaired) electrons. The number of aromatic hydroxyl groups is 1. The van der Waals surface area contributed by atoms with Crippen molar-refractivity contribution in [2.75, 3.05) is 5.32 Å². The predicted octanol–water partition coefficient (Wildman–Crippen LogP) is 3.56. The molecule has 0 saturated carbocycles. The fraction of sp³-hybridized carbons (Fsp3) is 0.0714. The van der Waals surface area contributed by atoms with E-state index in [0.717, 1.165) is 9.13 Å². The number of phenolic OH excluding ortho intramolecular Hbond substituents is 1. The van der Waals surface area contributed by atoms with Crippen molar-refractivity contribution in [2.45, 2.75) is 6.92 Å². The van der Waals surface area contributed by atoms with Gasteiger partial charge in [0.15, 0.2) is 0 Å². The fourth-order valence-electron chi connectivity index (χ4n) is 1.53. The quantitative estimate of drug-likeness (QED) is 0.812. The van der Waals surface area contributed by atoms with Gasteiger partial charge in [-0.15, -0.1) is 0 Å². The molecule has 18 heavy (non-hydrogen) atoms. The Morgan fingerprint density at radius 2 is 1.94 bits per heavy atom. The highest BCUT2D eigenvalue weighted by molar-refractivity contribution is 14.1. The lowest BCUT2D eigenvalue weighted by Gasteiger charge is -2.08. The molecule has 2 rings (SSSR count). The Labute approximate surface area is 119 Å². The summed E-state index contributed by atoms with van der Waals surface area (Å²) < 4.78 is 0.893. The van der Waals surface area contributed by atoms with Gasteiger partial charge < -0.3 is 10.4 Å². The van der Waals surface area contributed by atoms with Crippen LogP contribution in [0, 0.1) is 10.5 Å². The first-order valence-electron chi connectivity index (χ1n) is 5.43. The molecule has 0 aliphatic heterocycles. The zero-order valence-electron chi connectivity index (χ0n) is 9.77. The van der Waals surface area contributed by atoms with Crippen LogP contribution in [0.25, 0.3) is 0 Å². The van der Waals surface area contributed by atoms with Crippen molar-refractivity contribution in [1.29, 1.82) is 0 Å². The van der Waals surface area contributed by atoms with E-state index in [4.69, 9.17) is 0 Å². The lowest BCUT2D eigenvalue weighted by Crippen LogP contribution is -2.13. The van der Waals surface area contributed by atoms with Gasteiger partial charge in [0.2, 0.25) is 0 Å². The summed E-state index contributed by atoms with van der Waals surface area (Å²) in [4.78, 5) is 12.0. The van der Waals surface area contributed by atoms with Crippen molar-refractivity contribution in [3.8, 4) is 5.75 Å². The molecule has 0 aliphatic carbocycles. The number of phenols is 1. The zero-order chi connectivity index (χ0) is 13.1. The van der Waals surface area contributed by atoms with Crippen molar-refractivity contribution >= 4 is 34.2 Å². The number of rotatable bonds is 2. The van der Waals surface area contributed by atoms with Gasteiger partial charge in [0.25, 0.3) is 5.91 Å². The summed E-state index contributed by atoms with van der Waals surface area (Å²) >= 11 is 2.12. The highest BCUT2D eigenvalue weighted by Gasteiger charge is 2.09. The summed E-state index contributed by atoms with van der Waals surface area (Å²) in [5, 5.41) is 12.3. The van der Waals surface area contributed by atoms with E-state index in [9.17, 15) is 9.90 Å². The molecule has 0 aliphatic rings. The van der Waals surface area contributed by atoms with Crippen LogP contribution in [0.5, 0.6) is 5.75 Å². The molecule has 1 amide bonds. The first-order valence-corrected chi connectivity index (χ1v) is 6.51. The lowest BCUT2D eigenvalue weighted by atomic mass is 10.2. The summed E-state index contributed by atoms with van der Waals surface area (Å²) in [5.41, 5.74) is 1.99. The molecule has 0 saturated heterocycles. The molecule has 0 aromatic heterocycles. The third-order valence-corrected chi connectivity index (χ3v) is 3.53. The SMILES string of the molecule is Cc1ccc(NC(=O)c2ccccc2I)cc1O. The molecule has 2 aromatic rings. The van der Waals surface area contributed by atoms with Crippen molar-refractivity contribution < 1.29 is 9.90 Å². The van der Waals surface area contributed by atoms with Crippen LogP contribution in [-0.4, -0.2) is 11.0 Å². The van der Waals surface area contributed by atoms with E-state index >= 15 is 0 Å². The molecule has 2 N–H and O–H groups in total. The van der Waals surface area contributed by atoms with Crippen molar-refractivity contribution in [3.63, 3.8) is 0 Å². The van der Waals surface area contributed by atoms with Gasteiger partial charge in [0, 0.05) is 15.3 Å². The van der Waals surface area contributed by atoms with Gasteiger partial charge in [-0.3, -0.25) is 4.79 Å². The van der Waals surface area contributed by atoms with E-state index < -0.39 is 0 Å². The molecule has 0 heterocycles. The Kier molecular flexibility index (Phi) is 3.86. The summed E-state index contributed by atoms with van der Waals surface area (Å²) in [5.74, 6) is -0.00110. The van der Waals surface area contributed by atoms with Crippen molar-refractivity contribution in [3.05, 3.63) is 57.2 Å². The van der Waals surface area contributed by atoms with E-state index in [0.29, 0.717) is 11.3 Å². The Morgan fingerprint density at radius 3 is 2.61 bits per heavy atom. The minimum absolute atomic E-state index is 0.176. The monoisotopic (exact) mass is 353 g/mol. The van der Waals surface area contributed by atoms with Crippen molar-refractivity contribution in [2.24, 2.45) is 0 Å². The number of halogens is 1. The third-order valence-electron chi connectivity index (χ3n) is 2.59. The third kappa shape index (κ3) is 2.81.